The van der Waals surface area contributed by atoms with Gasteiger partial charge in [0.15, 0.2) is 0 Å². The van der Waals surface area contributed by atoms with Gasteiger partial charge in [-0.2, -0.15) is 0 Å². The lowest BCUT2D eigenvalue weighted by Gasteiger charge is -2.31. The van der Waals surface area contributed by atoms with Crippen LogP contribution in [0.15, 0.2) is 0 Å². The van der Waals surface area contributed by atoms with E-state index in [1.165, 1.54) is 25.9 Å². The Balaban J connectivity index is 2.14. The Morgan fingerprint density at radius 1 is 1.50 bits per heavy atom. The molecule has 0 aromatic rings. The SMILES string of the molecule is CCCC(C)(O)CNCC1CCCN(C)C1. The van der Waals surface area contributed by atoms with Crippen molar-refractivity contribution >= 4 is 0 Å². The second-order valence-corrected chi connectivity index (χ2v) is 5.65. The minimum Gasteiger partial charge on any atom is -0.389 e. The van der Waals surface area contributed by atoms with Gasteiger partial charge in [0.25, 0.3) is 0 Å². The highest BCUT2D eigenvalue weighted by molar-refractivity contribution is 4.77. The van der Waals surface area contributed by atoms with Crippen molar-refractivity contribution in [3.05, 3.63) is 0 Å². The molecule has 2 unspecified atom stereocenters. The third kappa shape index (κ3) is 5.28. The molecule has 2 N–H and O–H groups in total. The van der Waals surface area contributed by atoms with Crippen LogP contribution >= 0.6 is 0 Å². The first-order valence-corrected chi connectivity index (χ1v) is 6.65. The average molecular weight is 228 g/mol. The molecule has 16 heavy (non-hydrogen) atoms. The number of piperidine rings is 1. The van der Waals surface area contributed by atoms with Crippen molar-refractivity contribution in [1.82, 2.24) is 10.2 Å². The van der Waals surface area contributed by atoms with Gasteiger partial charge < -0.3 is 15.3 Å². The minimum absolute atomic E-state index is 0.532. The van der Waals surface area contributed by atoms with E-state index in [2.05, 4.69) is 24.2 Å². The quantitative estimate of drug-likeness (QED) is 0.722. The van der Waals surface area contributed by atoms with Gasteiger partial charge in [-0.15, -0.1) is 0 Å². The molecule has 0 bridgehead atoms. The molecule has 3 nitrogen and oxygen atoms in total. The predicted molar refractivity (Wildman–Crippen MR) is 68.6 cm³/mol. The number of nitrogens with zero attached hydrogens (tertiary/aromatic N) is 1. The van der Waals surface area contributed by atoms with Gasteiger partial charge in [0.2, 0.25) is 0 Å². The van der Waals surface area contributed by atoms with Crippen LogP contribution in [0.5, 0.6) is 0 Å². The molecule has 0 amide bonds. The zero-order chi connectivity index (χ0) is 12.0. The predicted octanol–water partition coefficient (Wildman–Crippen LogP) is 1.47. The van der Waals surface area contributed by atoms with Crippen LogP contribution in [0, 0.1) is 5.92 Å². The highest BCUT2D eigenvalue weighted by Gasteiger charge is 2.20. The molecule has 2 atom stereocenters. The molecule has 1 rings (SSSR count). The zero-order valence-corrected chi connectivity index (χ0v) is 11.1. The van der Waals surface area contributed by atoms with Crippen LogP contribution in [0.2, 0.25) is 0 Å². The fourth-order valence-electron chi connectivity index (χ4n) is 2.61. The topological polar surface area (TPSA) is 35.5 Å². The standard InChI is InChI=1S/C13H28N2O/c1-4-7-13(2,16)11-14-9-12-6-5-8-15(3)10-12/h12,14,16H,4-11H2,1-3H3. The average Bonchev–Trinajstić information content (AvgIpc) is 2.17. The van der Waals surface area contributed by atoms with Crippen LogP contribution in [0.25, 0.3) is 0 Å². The molecule has 0 saturated carbocycles. The van der Waals surface area contributed by atoms with Gasteiger partial charge in [0.05, 0.1) is 5.60 Å². The van der Waals surface area contributed by atoms with Crippen molar-refractivity contribution in [2.24, 2.45) is 5.92 Å². The van der Waals surface area contributed by atoms with Crippen molar-refractivity contribution in [3.8, 4) is 0 Å². The molecule has 1 aliphatic rings. The summed E-state index contributed by atoms with van der Waals surface area (Å²) in [7, 11) is 2.19. The summed E-state index contributed by atoms with van der Waals surface area (Å²) in [6, 6.07) is 0. The Hall–Kier alpha value is -0.120. The summed E-state index contributed by atoms with van der Waals surface area (Å²) in [5.41, 5.74) is -0.532. The molecule has 1 fully saturated rings. The van der Waals surface area contributed by atoms with Crippen LogP contribution in [0.4, 0.5) is 0 Å². The van der Waals surface area contributed by atoms with Crippen molar-refractivity contribution in [2.45, 2.75) is 45.1 Å². The van der Waals surface area contributed by atoms with Gasteiger partial charge in [-0.1, -0.05) is 13.3 Å². The van der Waals surface area contributed by atoms with E-state index >= 15 is 0 Å². The maximum Gasteiger partial charge on any atom is 0.0743 e. The van der Waals surface area contributed by atoms with Gasteiger partial charge in [-0.05, 0) is 52.2 Å². The van der Waals surface area contributed by atoms with Gasteiger partial charge in [0, 0.05) is 13.1 Å². The Bertz CT molecular complexity index is 194. The summed E-state index contributed by atoms with van der Waals surface area (Å²) in [5, 5.41) is 13.4. The first kappa shape index (κ1) is 13.9. The first-order valence-electron chi connectivity index (χ1n) is 6.65. The molecular formula is C13H28N2O. The molecule has 0 aromatic heterocycles. The van der Waals surface area contributed by atoms with Crippen LogP contribution in [0.3, 0.4) is 0 Å². The van der Waals surface area contributed by atoms with Crippen LogP contribution in [-0.4, -0.2) is 48.8 Å². The van der Waals surface area contributed by atoms with Crippen molar-refractivity contribution in [1.29, 1.82) is 0 Å². The van der Waals surface area contributed by atoms with E-state index in [1.807, 2.05) is 6.92 Å². The summed E-state index contributed by atoms with van der Waals surface area (Å²) in [6.45, 7) is 8.25. The van der Waals surface area contributed by atoms with Gasteiger partial charge in [0.1, 0.15) is 0 Å². The van der Waals surface area contributed by atoms with Crippen molar-refractivity contribution in [3.63, 3.8) is 0 Å². The number of rotatable bonds is 6. The summed E-state index contributed by atoms with van der Waals surface area (Å²) < 4.78 is 0. The molecular weight excluding hydrogens is 200 g/mol. The Labute approximate surface area is 100 Å². The fraction of sp³-hybridized carbons (Fsp3) is 1.00. The Morgan fingerprint density at radius 2 is 2.25 bits per heavy atom. The highest BCUT2D eigenvalue weighted by atomic mass is 16.3. The third-order valence-corrected chi connectivity index (χ3v) is 3.45. The van der Waals surface area contributed by atoms with E-state index in [-0.39, 0.29) is 0 Å². The van der Waals surface area contributed by atoms with Crippen LogP contribution < -0.4 is 5.32 Å². The van der Waals surface area contributed by atoms with E-state index in [1.54, 1.807) is 0 Å². The second-order valence-electron chi connectivity index (χ2n) is 5.65. The monoisotopic (exact) mass is 228 g/mol. The van der Waals surface area contributed by atoms with Gasteiger partial charge in [-0.25, -0.2) is 0 Å². The van der Waals surface area contributed by atoms with E-state index in [9.17, 15) is 5.11 Å². The normalized spacial score (nSPS) is 26.6. The van der Waals surface area contributed by atoms with Crippen LogP contribution in [-0.2, 0) is 0 Å². The molecule has 0 spiro atoms. The molecule has 0 aliphatic carbocycles. The number of nitrogens with one attached hydrogen (secondary N) is 1. The molecule has 96 valence electrons. The lowest BCUT2D eigenvalue weighted by atomic mass is 9.97. The lowest BCUT2D eigenvalue weighted by Crippen LogP contribution is -2.42. The number of likely N-dealkylation sites (tertiary alicyclic amines) is 1. The molecule has 0 radical (unpaired) electrons. The summed E-state index contributed by atoms with van der Waals surface area (Å²) in [6.07, 6.45) is 4.56. The minimum atomic E-state index is -0.532. The van der Waals surface area contributed by atoms with E-state index in [0.717, 1.165) is 31.8 Å². The van der Waals surface area contributed by atoms with E-state index in [0.29, 0.717) is 0 Å². The fourth-order valence-corrected chi connectivity index (χ4v) is 2.61. The van der Waals surface area contributed by atoms with Crippen molar-refractivity contribution in [2.75, 3.05) is 33.2 Å². The van der Waals surface area contributed by atoms with Crippen molar-refractivity contribution < 1.29 is 5.11 Å². The van der Waals surface area contributed by atoms with E-state index in [4.69, 9.17) is 0 Å². The number of hydrogen-bond acceptors (Lipinski definition) is 3. The van der Waals surface area contributed by atoms with Crippen LogP contribution in [0.1, 0.15) is 39.5 Å². The van der Waals surface area contributed by atoms with E-state index < -0.39 is 5.60 Å². The largest absolute Gasteiger partial charge is 0.389 e. The molecule has 1 heterocycles. The third-order valence-electron chi connectivity index (χ3n) is 3.45. The number of aliphatic hydroxyl groups is 1. The molecule has 3 heteroatoms. The molecule has 1 aliphatic heterocycles. The highest BCUT2D eigenvalue weighted by Crippen LogP contribution is 2.15. The second kappa shape index (κ2) is 6.58. The Kier molecular flexibility index (Phi) is 5.73. The maximum atomic E-state index is 10.0. The Morgan fingerprint density at radius 3 is 2.88 bits per heavy atom. The summed E-state index contributed by atoms with van der Waals surface area (Å²) in [5.74, 6) is 0.760. The van der Waals surface area contributed by atoms with Gasteiger partial charge in [-0.3, -0.25) is 0 Å². The lowest BCUT2D eigenvalue weighted by molar-refractivity contribution is 0.0481. The summed E-state index contributed by atoms with van der Waals surface area (Å²) >= 11 is 0. The molecule has 0 aromatic carbocycles. The maximum absolute atomic E-state index is 10.0. The smallest absolute Gasteiger partial charge is 0.0743 e. The summed E-state index contributed by atoms with van der Waals surface area (Å²) in [4.78, 5) is 2.40. The first-order chi connectivity index (χ1) is 7.53. The van der Waals surface area contributed by atoms with Gasteiger partial charge >= 0.3 is 0 Å². The zero-order valence-electron chi connectivity index (χ0n) is 11.1. The number of hydrogen-bond donors (Lipinski definition) is 2. The molecule has 1 saturated heterocycles.